The number of quaternary nitrogens is 1. The maximum Gasteiger partial charge on any atom is 0.235 e. The van der Waals surface area contributed by atoms with Crippen molar-refractivity contribution in [3.63, 3.8) is 0 Å². The highest BCUT2D eigenvalue weighted by molar-refractivity contribution is 7.69. The molecular weight excluding hydrogens is 393 g/mol. The minimum atomic E-state index is -1.54. The number of hydrogen-bond acceptors (Lipinski definition) is 3. The number of nitrogens with zero attached hydrogens (tertiary/aromatic N) is 1. The van der Waals surface area contributed by atoms with E-state index in [2.05, 4.69) is 19.1 Å². The molecule has 0 aromatic rings. The summed E-state index contributed by atoms with van der Waals surface area (Å²) in [6.07, 6.45) is 23.5. The number of carbonyl (C=O) groups excluding carboxylic acids is 1. The summed E-state index contributed by atoms with van der Waals surface area (Å²) in [6, 6.07) is 0. The van der Waals surface area contributed by atoms with Crippen molar-refractivity contribution < 1.29 is 18.9 Å². The summed E-state index contributed by atoms with van der Waals surface area (Å²) in [7, 11) is 4.36. The molecule has 0 saturated carbocycles. The third kappa shape index (κ3) is 22.4. The van der Waals surface area contributed by atoms with Gasteiger partial charge in [0.2, 0.25) is 5.52 Å². The number of rotatable bonds is 22. The third-order valence-corrected chi connectivity index (χ3v) is 6.47. The van der Waals surface area contributed by atoms with Gasteiger partial charge in [0.15, 0.2) is 0 Å². The molecule has 4 nitrogen and oxygen atoms in total. The van der Waals surface area contributed by atoms with Gasteiger partial charge in [-0.3, -0.25) is 4.79 Å². The second-order valence-electron chi connectivity index (χ2n) is 9.52. The molecule has 0 aliphatic rings. The molecule has 0 heterocycles. The van der Waals surface area contributed by atoms with Crippen molar-refractivity contribution in [3.8, 4) is 0 Å². The molecule has 0 rings (SSSR count). The maximum atomic E-state index is 11.9. The van der Waals surface area contributed by atoms with Gasteiger partial charge in [-0.25, -0.2) is 0 Å². The normalized spacial score (nSPS) is 13.2. The zero-order valence-electron chi connectivity index (χ0n) is 20.5. The molecule has 0 fully saturated rings. The Morgan fingerprint density at radius 3 is 1.83 bits per heavy atom. The first-order valence-electron chi connectivity index (χ1n) is 12.4. The monoisotopic (exact) mass is 444 g/mol. The molecule has 0 bridgehead atoms. The highest BCUT2D eigenvalue weighted by atomic mass is 31.1. The van der Waals surface area contributed by atoms with E-state index in [0.717, 1.165) is 13.0 Å². The Morgan fingerprint density at radius 2 is 1.30 bits per heavy atom. The van der Waals surface area contributed by atoms with Crippen LogP contribution in [-0.4, -0.2) is 62.0 Å². The number of ether oxygens (including phenoxy) is 1. The Kier molecular flexibility index (Phi) is 20.4. The lowest BCUT2D eigenvalue weighted by atomic mass is 10.1. The second-order valence-corrected chi connectivity index (χ2v) is 11.3. The Morgan fingerprint density at radius 1 is 0.800 bits per heavy atom. The molecule has 30 heavy (non-hydrogen) atoms. The first-order chi connectivity index (χ1) is 14.4. The minimum absolute atomic E-state index is 0.0293. The number of carbonyl (C=O) groups is 1. The van der Waals surface area contributed by atoms with Crippen LogP contribution in [0.5, 0.6) is 0 Å². The Hall–Kier alpha value is -0.280. The van der Waals surface area contributed by atoms with Crippen LogP contribution in [0.15, 0.2) is 12.2 Å². The molecule has 0 aliphatic heterocycles. The number of likely N-dealkylation sites (N-methyl/N-ethyl adjacent to an activating group) is 1. The van der Waals surface area contributed by atoms with Gasteiger partial charge in [-0.2, -0.15) is 0 Å². The zero-order chi connectivity index (χ0) is 22.5. The lowest BCUT2D eigenvalue weighted by Crippen LogP contribution is -2.39. The van der Waals surface area contributed by atoms with Crippen molar-refractivity contribution in [1.29, 1.82) is 0 Å². The van der Waals surface area contributed by atoms with Crippen molar-refractivity contribution >= 4 is 13.7 Å². The first-order valence-corrected chi connectivity index (χ1v) is 13.9. The molecule has 0 radical (unpaired) electrons. The average Bonchev–Trinajstić information content (AvgIpc) is 2.68. The van der Waals surface area contributed by atoms with Gasteiger partial charge in [-0.1, -0.05) is 76.9 Å². The molecule has 0 saturated heterocycles. The molecular formula is C25H51NO3P+. The first kappa shape index (κ1) is 29.7. The average molecular weight is 445 g/mol. The molecule has 0 amide bonds. The maximum absolute atomic E-state index is 11.9. The molecule has 1 atom stereocenters. The topological polar surface area (TPSA) is 46.5 Å². The van der Waals surface area contributed by atoms with Crippen LogP contribution < -0.4 is 0 Å². The van der Waals surface area contributed by atoms with Gasteiger partial charge >= 0.3 is 0 Å². The summed E-state index contributed by atoms with van der Waals surface area (Å²) in [5, 5.41) is 0. The largest absolute Gasteiger partial charge is 0.381 e. The van der Waals surface area contributed by atoms with Crippen molar-refractivity contribution in [2.75, 3.05) is 47.1 Å². The highest BCUT2D eigenvalue weighted by Crippen LogP contribution is 2.30. The fourth-order valence-electron chi connectivity index (χ4n) is 3.32. The van der Waals surface area contributed by atoms with E-state index in [9.17, 15) is 9.69 Å². The van der Waals surface area contributed by atoms with Crippen molar-refractivity contribution in [2.24, 2.45) is 0 Å². The van der Waals surface area contributed by atoms with Gasteiger partial charge in [0, 0.05) is 12.8 Å². The fraction of sp³-hybridized carbons (Fsp3) is 0.880. The fourth-order valence-corrected chi connectivity index (χ4v) is 4.46. The third-order valence-electron chi connectivity index (χ3n) is 5.15. The van der Waals surface area contributed by atoms with Crippen LogP contribution in [0.1, 0.15) is 96.8 Å². The lowest BCUT2D eigenvalue weighted by Gasteiger charge is -2.23. The molecule has 178 valence electrons. The number of hydrogen-bond donors (Lipinski definition) is 1. The molecule has 0 spiro atoms. The smallest absolute Gasteiger partial charge is 0.235 e. The minimum Gasteiger partial charge on any atom is -0.381 e. The van der Waals surface area contributed by atoms with Crippen LogP contribution in [0.25, 0.3) is 0 Å². The van der Waals surface area contributed by atoms with E-state index in [4.69, 9.17) is 4.74 Å². The molecule has 1 N–H and O–H groups in total. The van der Waals surface area contributed by atoms with E-state index < -0.39 is 8.15 Å². The van der Waals surface area contributed by atoms with Gasteiger partial charge in [0.05, 0.1) is 27.7 Å². The SMILES string of the molecule is CCCCCCCC/C=C\CCCCCCCCOCCP(O)C(=O)C[N+](C)(C)C. The Balaban J connectivity index is 3.29. The quantitative estimate of drug-likeness (QED) is 0.0878. The summed E-state index contributed by atoms with van der Waals surface area (Å²) in [4.78, 5) is 21.8. The van der Waals surface area contributed by atoms with E-state index in [1.807, 2.05) is 21.1 Å². The standard InChI is InChI=1S/C25H51NO3P/c1-5-6-7-8-9-10-11-12-13-14-15-16-17-18-19-20-21-29-22-23-30(28)25(27)24-26(2,3)4/h12-13,28H,5-11,14-24H2,1-4H3/q+1/b13-12-. The van der Waals surface area contributed by atoms with Crippen molar-refractivity contribution in [3.05, 3.63) is 12.2 Å². The highest BCUT2D eigenvalue weighted by Gasteiger charge is 2.22. The molecule has 5 heteroatoms. The Bertz CT molecular complexity index is 421. The van der Waals surface area contributed by atoms with E-state index in [1.165, 1.54) is 83.5 Å². The molecule has 0 aromatic carbocycles. The summed E-state index contributed by atoms with van der Waals surface area (Å²) in [6.45, 7) is 3.90. The van der Waals surface area contributed by atoms with Crippen LogP contribution in [-0.2, 0) is 9.53 Å². The van der Waals surface area contributed by atoms with Crippen LogP contribution in [0.4, 0.5) is 0 Å². The zero-order valence-corrected chi connectivity index (χ0v) is 21.4. The number of unbranched alkanes of at least 4 members (excludes halogenated alkanes) is 12. The Labute approximate surface area is 188 Å². The van der Waals surface area contributed by atoms with E-state index in [0.29, 0.717) is 23.8 Å². The van der Waals surface area contributed by atoms with Crippen LogP contribution in [0.2, 0.25) is 0 Å². The summed E-state index contributed by atoms with van der Waals surface area (Å²) >= 11 is 0. The summed E-state index contributed by atoms with van der Waals surface area (Å²) < 4.78 is 6.16. The lowest BCUT2D eigenvalue weighted by molar-refractivity contribution is -0.861. The molecule has 0 aromatic heterocycles. The molecule has 1 unspecified atom stereocenters. The number of allylic oxidation sites excluding steroid dienone is 2. The van der Waals surface area contributed by atoms with E-state index >= 15 is 0 Å². The predicted molar refractivity (Wildman–Crippen MR) is 132 cm³/mol. The van der Waals surface area contributed by atoms with Crippen molar-refractivity contribution in [1.82, 2.24) is 0 Å². The summed E-state index contributed by atoms with van der Waals surface area (Å²) in [5.41, 5.74) is -0.0293. The van der Waals surface area contributed by atoms with Gasteiger partial charge < -0.3 is 14.1 Å². The second kappa shape index (κ2) is 20.6. The van der Waals surface area contributed by atoms with Gasteiger partial charge in [-0.15, -0.1) is 0 Å². The van der Waals surface area contributed by atoms with Gasteiger partial charge in [0.1, 0.15) is 14.7 Å². The predicted octanol–water partition coefficient (Wildman–Crippen LogP) is 6.66. The molecule has 0 aliphatic carbocycles. The van der Waals surface area contributed by atoms with Crippen LogP contribution >= 0.6 is 8.15 Å². The van der Waals surface area contributed by atoms with Crippen molar-refractivity contribution in [2.45, 2.75) is 96.8 Å². The van der Waals surface area contributed by atoms with E-state index in [-0.39, 0.29) is 5.52 Å². The summed E-state index contributed by atoms with van der Waals surface area (Å²) in [5.74, 6) is 0. The van der Waals surface area contributed by atoms with Gasteiger partial charge in [0.25, 0.3) is 0 Å². The van der Waals surface area contributed by atoms with Gasteiger partial charge in [-0.05, 0) is 32.1 Å². The van der Waals surface area contributed by atoms with Crippen LogP contribution in [0.3, 0.4) is 0 Å². The van der Waals surface area contributed by atoms with E-state index in [1.54, 1.807) is 0 Å². The van der Waals surface area contributed by atoms with Crippen LogP contribution in [0, 0.1) is 0 Å².